The molecule has 10 nitrogen and oxygen atoms in total. The van der Waals surface area contributed by atoms with Crippen molar-refractivity contribution in [3.8, 4) is 0 Å². The van der Waals surface area contributed by atoms with E-state index in [4.69, 9.17) is 46.1 Å². The van der Waals surface area contributed by atoms with Crippen molar-refractivity contribution in [2.75, 3.05) is 106 Å². The maximum absolute atomic E-state index is 6.52. The summed E-state index contributed by atoms with van der Waals surface area (Å²) in [5.74, 6) is 0. The summed E-state index contributed by atoms with van der Waals surface area (Å²) in [6.07, 6.45) is 0.949. The lowest BCUT2D eigenvalue weighted by Crippen LogP contribution is -2.52. The van der Waals surface area contributed by atoms with Gasteiger partial charge in [0.2, 0.25) is 0 Å². The maximum Gasteiger partial charge on any atom is 0.314 e. The van der Waals surface area contributed by atoms with Crippen molar-refractivity contribution in [3.63, 3.8) is 0 Å². The fraction of sp³-hybridized carbons (Fsp3) is 1.00. The normalized spacial score (nSPS) is 12.9. The largest absolute Gasteiger partial charge is 0.437 e. The Kier molecular flexibility index (Phi) is 24.1. The third-order valence-corrected chi connectivity index (χ3v) is 14.2. The molecule has 0 radical (unpaired) electrons. The van der Waals surface area contributed by atoms with Crippen LogP contribution in [-0.2, 0) is 46.1 Å². The van der Waals surface area contributed by atoms with Gasteiger partial charge in [0.1, 0.15) is 0 Å². The first-order valence-electron chi connectivity index (χ1n) is 13.9. The molecule has 38 heavy (non-hydrogen) atoms. The van der Waals surface area contributed by atoms with Crippen molar-refractivity contribution in [1.82, 2.24) is 0 Å². The first kappa shape index (κ1) is 38.3. The van der Waals surface area contributed by atoms with E-state index in [2.05, 4.69) is 45.8 Å². The molecule has 0 aromatic heterocycles. The SMILES string of the molecule is COCCOCCOCCOCCOCCOCCOCCOCCC[Si](C)(O[Si](C)(C)C)O[Si](C)(C)C. The van der Waals surface area contributed by atoms with Crippen molar-refractivity contribution < 1.29 is 46.1 Å². The second kappa shape index (κ2) is 23.9. The van der Waals surface area contributed by atoms with Crippen LogP contribution in [-0.4, -0.2) is 131 Å². The number of ether oxygens (including phenoxy) is 8. The fourth-order valence-corrected chi connectivity index (χ4v) is 16.0. The molecule has 0 rings (SSSR count). The van der Waals surface area contributed by atoms with Crippen LogP contribution in [0.25, 0.3) is 0 Å². The van der Waals surface area contributed by atoms with Crippen molar-refractivity contribution in [3.05, 3.63) is 0 Å². The zero-order valence-electron chi connectivity index (χ0n) is 25.6. The summed E-state index contributed by atoms with van der Waals surface area (Å²) in [6.45, 7) is 24.1. The van der Waals surface area contributed by atoms with Gasteiger partial charge >= 0.3 is 8.56 Å². The summed E-state index contributed by atoms with van der Waals surface area (Å²) < 4.78 is 56.4. The van der Waals surface area contributed by atoms with Crippen LogP contribution >= 0.6 is 0 Å². The van der Waals surface area contributed by atoms with Gasteiger partial charge in [0, 0.05) is 13.7 Å². The van der Waals surface area contributed by atoms with Gasteiger partial charge < -0.3 is 46.1 Å². The molecule has 13 heteroatoms. The molecule has 0 aliphatic heterocycles. The van der Waals surface area contributed by atoms with E-state index in [-0.39, 0.29) is 0 Å². The molecular formula is C25H58O10Si3. The van der Waals surface area contributed by atoms with Gasteiger partial charge in [0.15, 0.2) is 16.6 Å². The molecular weight excluding hydrogens is 545 g/mol. The number of hydrogen-bond donors (Lipinski definition) is 0. The maximum atomic E-state index is 6.52. The Bertz CT molecular complexity index is 503. The molecule has 0 bridgehead atoms. The summed E-state index contributed by atoms with van der Waals surface area (Å²) in [6, 6.07) is 0.963. The van der Waals surface area contributed by atoms with Crippen LogP contribution < -0.4 is 0 Å². The Morgan fingerprint density at radius 3 is 0.895 bits per heavy atom. The molecule has 0 heterocycles. The monoisotopic (exact) mass is 602 g/mol. The van der Waals surface area contributed by atoms with Gasteiger partial charge in [-0.15, -0.1) is 0 Å². The van der Waals surface area contributed by atoms with E-state index in [0.29, 0.717) is 99.1 Å². The molecule has 0 fully saturated rings. The minimum atomic E-state index is -2.17. The van der Waals surface area contributed by atoms with Crippen molar-refractivity contribution >= 4 is 25.2 Å². The molecule has 230 valence electrons. The lowest BCUT2D eigenvalue weighted by Gasteiger charge is -2.38. The smallest absolute Gasteiger partial charge is 0.314 e. The van der Waals surface area contributed by atoms with E-state index in [1.165, 1.54) is 0 Å². The molecule has 0 saturated heterocycles. The van der Waals surface area contributed by atoms with E-state index >= 15 is 0 Å². The Morgan fingerprint density at radius 2 is 0.632 bits per heavy atom. The van der Waals surface area contributed by atoms with E-state index in [1.807, 2.05) is 0 Å². The van der Waals surface area contributed by atoms with Crippen molar-refractivity contribution in [2.24, 2.45) is 0 Å². The van der Waals surface area contributed by atoms with Gasteiger partial charge in [-0.05, 0) is 58.3 Å². The molecule has 0 saturated carbocycles. The molecule has 0 spiro atoms. The Morgan fingerprint density at radius 1 is 0.368 bits per heavy atom. The van der Waals surface area contributed by atoms with E-state index in [0.717, 1.165) is 12.5 Å². The Balaban J connectivity index is 3.43. The van der Waals surface area contributed by atoms with Crippen molar-refractivity contribution in [2.45, 2.75) is 58.3 Å². The van der Waals surface area contributed by atoms with Crippen LogP contribution in [0.15, 0.2) is 0 Å². The van der Waals surface area contributed by atoms with E-state index < -0.39 is 25.2 Å². The third-order valence-electron chi connectivity index (χ3n) is 4.63. The second-order valence-electron chi connectivity index (χ2n) is 10.9. The molecule has 0 aromatic rings. The highest BCUT2D eigenvalue weighted by Gasteiger charge is 2.39. The number of rotatable bonds is 29. The molecule has 0 aliphatic rings. The topological polar surface area (TPSA) is 92.3 Å². The van der Waals surface area contributed by atoms with Gasteiger partial charge in [-0.2, -0.15) is 0 Å². The number of methoxy groups -OCH3 is 1. The Hall–Kier alpha value is 0.251. The summed E-state index contributed by atoms with van der Waals surface area (Å²) >= 11 is 0. The van der Waals surface area contributed by atoms with Crippen LogP contribution in [0.3, 0.4) is 0 Å². The Labute approximate surface area is 235 Å². The van der Waals surface area contributed by atoms with Gasteiger partial charge in [0.25, 0.3) is 0 Å². The zero-order chi connectivity index (χ0) is 28.6. The second-order valence-corrected chi connectivity index (χ2v) is 23.8. The van der Waals surface area contributed by atoms with Gasteiger partial charge in [-0.25, -0.2) is 0 Å². The first-order valence-corrected chi connectivity index (χ1v) is 23.2. The molecule has 0 N–H and O–H groups in total. The average molecular weight is 603 g/mol. The molecule has 0 amide bonds. The molecule has 0 aromatic carbocycles. The van der Waals surface area contributed by atoms with Crippen LogP contribution in [0, 0.1) is 0 Å². The fourth-order valence-electron chi connectivity index (χ4n) is 3.48. The van der Waals surface area contributed by atoms with Crippen molar-refractivity contribution in [1.29, 1.82) is 0 Å². The van der Waals surface area contributed by atoms with Gasteiger partial charge in [-0.3, -0.25) is 0 Å². The highest BCUT2D eigenvalue weighted by Crippen LogP contribution is 2.25. The summed E-state index contributed by atoms with van der Waals surface area (Å²) in [7, 11) is -3.82. The minimum Gasteiger partial charge on any atom is -0.437 e. The first-order chi connectivity index (χ1) is 18.0. The average Bonchev–Trinajstić information content (AvgIpc) is 2.79. The highest BCUT2D eigenvalue weighted by molar-refractivity contribution is 6.87. The minimum absolute atomic E-state index is 0.535. The molecule has 0 unspecified atom stereocenters. The van der Waals surface area contributed by atoms with E-state index in [1.54, 1.807) is 7.11 Å². The predicted molar refractivity (Wildman–Crippen MR) is 158 cm³/mol. The zero-order valence-corrected chi connectivity index (χ0v) is 28.6. The van der Waals surface area contributed by atoms with Crippen LogP contribution in [0.5, 0.6) is 0 Å². The summed E-state index contributed by atoms with van der Waals surface area (Å²) in [5.41, 5.74) is 0. The third kappa shape index (κ3) is 29.2. The molecule has 0 aliphatic carbocycles. The summed E-state index contributed by atoms with van der Waals surface area (Å²) in [5, 5.41) is 0. The van der Waals surface area contributed by atoms with Crippen LogP contribution in [0.2, 0.25) is 51.9 Å². The number of hydrogen-bond acceptors (Lipinski definition) is 10. The molecule has 0 atom stereocenters. The van der Waals surface area contributed by atoms with Gasteiger partial charge in [-0.1, -0.05) is 0 Å². The summed E-state index contributed by atoms with van der Waals surface area (Å²) in [4.78, 5) is 0. The quantitative estimate of drug-likeness (QED) is 0.0927. The van der Waals surface area contributed by atoms with Crippen LogP contribution in [0.1, 0.15) is 6.42 Å². The van der Waals surface area contributed by atoms with Crippen LogP contribution in [0.4, 0.5) is 0 Å². The predicted octanol–water partition coefficient (Wildman–Crippen LogP) is 3.91. The van der Waals surface area contributed by atoms with E-state index in [9.17, 15) is 0 Å². The standard InChI is InChI=1S/C25H58O10Si3/c1-26-11-12-28-15-16-30-19-20-32-23-24-33-22-21-31-18-17-29-14-13-27-10-9-25-38(8,34-36(2,3)4)35-37(5,6)7/h9-25H2,1-8H3. The van der Waals surface area contributed by atoms with Gasteiger partial charge in [0.05, 0.1) is 92.5 Å². The highest BCUT2D eigenvalue weighted by atomic mass is 28.5. The lowest BCUT2D eigenvalue weighted by atomic mass is 10.5. The lowest BCUT2D eigenvalue weighted by molar-refractivity contribution is -0.0221.